The fourth-order valence-electron chi connectivity index (χ4n) is 5.39. The number of benzene rings is 4. The molecule has 188 valence electrons. The highest BCUT2D eigenvalue weighted by atomic mass is 16.5. The second-order valence-corrected chi connectivity index (χ2v) is 9.00. The molecule has 0 amide bonds. The second-order valence-electron chi connectivity index (χ2n) is 9.00. The van der Waals surface area contributed by atoms with Crippen molar-refractivity contribution in [3.05, 3.63) is 59.2 Å². The summed E-state index contributed by atoms with van der Waals surface area (Å²) in [5.41, 5.74) is 3.51. The van der Waals surface area contributed by atoms with Crippen LogP contribution in [0.25, 0.3) is 21.5 Å². The van der Waals surface area contributed by atoms with Crippen LogP contribution in [0.1, 0.15) is 22.7 Å². The number of hydrogen-bond donors (Lipinski definition) is 1. The zero-order valence-corrected chi connectivity index (χ0v) is 21.5. The fourth-order valence-corrected chi connectivity index (χ4v) is 5.39. The number of methoxy groups -OCH3 is 5. The van der Waals surface area contributed by atoms with Crippen LogP contribution < -0.4 is 23.7 Å². The number of phenols is 1. The van der Waals surface area contributed by atoms with Gasteiger partial charge in [-0.05, 0) is 94.2 Å². The van der Waals surface area contributed by atoms with Gasteiger partial charge in [-0.2, -0.15) is 0 Å². The molecule has 1 aliphatic rings. The van der Waals surface area contributed by atoms with Crippen molar-refractivity contribution >= 4 is 21.5 Å². The number of phenolic OH excluding ortho intramolecular Hbond substituents is 1. The molecule has 1 unspecified atom stereocenters. The van der Waals surface area contributed by atoms with Crippen LogP contribution in [0.4, 0.5) is 0 Å². The summed E-state index contributed by atoms with van der Waals surface area (Å²) in [6.07, 6.45) is 0.910. The van der Waals surface area contributed by atoms with E-state index >= 15 is 0 Å². The molecule has 7 nitrogen and oxygen atoms in total. The summed E-state index contributed by atoms with van der Waals surface area (Å²) < 4.78 is 28.0. The zero-order chi connectivity index (χ0) is 25.6. The molecule has 1 atom stereocenters. The second kappa shape index (κ2) is 9.32. The topological polar surface area (TPSA) is 69.6 Å². The first-order chi connectivity index (χ1) is 17.4. The van der Waals surface area contributed by atoms with Crippen molar-refractivity contribution in [3.8, 4) is 34.5 Å². The smallest absolute Gasteiger partial charge is 0.161 e. The van der Waals surface area contributed by atoms with Crippen LogP contribution >= 0.6 is 0 Å². The lowest BCUT2D eigenvalue weighted by Gasteiger charge is -2.36. The van der Waals surface area contributed by atoms with Gasteiger partial charge in [0.1, 0.15) is 0 Å². The van der Waals surface area contributed by atoms with Crippen molar-refractivity contribution in [2.24, 2.45) is 0 Å². The molecule has 7 heteroatoms. The molecule has 0 fully saturated rings. The molecule has 0 spiro atoms. The van der Waals surface area contributed by atoms with Gasteiger partial charge in [-0.3, -0.25) is 4.90 Å². The predicted octanol–water partition coefficient (Wildman–Crippen LogP) is 5.32. The molecule has 0 bridgehead atoms. The first-order valence-corrected chi connectivity index (χ1v) is 11.8. The minimum absolute atomic E-state index is 0.0432. The van der Waals surface area contributed by atoms with E-state index in [2.05, 4.69) is 30.1 Å². The Hall–Kier alpha value is -3.84. The molecule has 36 heavy (non-hydrogen) atoms. The molecule has 0 aliphatic carbocycles. The van der Waals surface area contributed by atoms with E-state index in [1.54, 1.807) is 41.6 Å². The third-order valence-electron chi connectivity index (χ3n) is 7.20. The van der Waals surface area contributed by atoms with E-state index in [4.69, 9.17) is 23.7 Å². The Balaban J connectivity index is 1.88. The number of likely N-dealkylation sites (N-methyl/N-ethyl adjacent to an activating group) is 1. The molecule has 4 aromatic rings. The van der Waals surface area contributed by atoms with Crippen LogP contribution in [0.3, 0.4) is 0 Å². The van der Waals surface area contributed by atoms with E-state index < -0.39 is 0 Å². The van der Waals surface area contributed by atoms with Crippen molar-refractivity contribution in [2.75, 3.05) is 49.1 Å². The summed E-state index contributed by atoms with van der Waals surface area (Å²) in [6, 6.07) is 13.9. The molecule has 4 aromatic carbocycles. The predicted molar refractivity (Wildman–Crippen MR) is 140 cm³/mol. The highest BCUT2D eigenvalue weighted by molar-refractivity contribution is 6.11. The van der Waals surface area contributed by atoms with Crippen molar-refractivity contribution in [1.29, 1.82) is 0 Å². The number of rotatable bonds is 6. The van der Waals surface area contributed by atoms with Gasteiger partial charge in [-0.15, -0.1) is 0 Å². The maximum atomic E-state index is 10.6. The Bertz CT molecular complexity index is 1460. The van der Waals surface area contributed by atoms with Crippen molar-refractivity contribution in [1.82, 2.24) is 4.90 Å². The lowest BCUT2D eigenvalue weighted by Crippen LogP contribution is -2.33. The number of aromatic hydroxyl groups is 1. The summed E-state index contributed by atoms with van der Waals surface area (Å²) >= 11 is 0. The van der Waals surface area contributed by atoms with Crippen LogP contribution in [-0.2, 0) is 6.42 Å². The SMILES string of the molecule is COc1cc2cc(C3c4cc(OC)c(OC)cc4CCN3C)c3cc(OC)c(OC)cc3c2cc1O. The normalized spacial score (nSPS) is 15.6. The molecular weight excluding hydrogens is 458 g/mol. The first kappa shape index (κ1) is 23.9. The average molecular weight is 490 g/mol. The van der Waals surface area contributed by atoms with Crippen molar-refractivity contribution in [3.63, 3.8) is 0 Å². The van der Waals surface area contributed by atoms with E-state index in [1.807, 2.05) is 18.2 Å². The molecule has 0 aromatic heterocycles. The Morgan fingerprint density at radius 2 is 1.22 bits per heavy atom. The Morgan fingerprint density at radius 3 is 1.86 bits per heavy atom. The Labute approximate surface area is 210 Å². The van der Waals surface area contributed by atoms with Gasteiger partial charge in [0, 0.05) is 6.54 Å². The zero-order valence-electron chi connectivity index (χ0n) is 21.5. The molecule has 1 heterocycles. The van der Waals surface area contributed by atoms with Crippen LogP contribution in [-0.4, -0.2) is 59.1 Å². The molecule has 0 saturated heterocycles. The van der Waals surface area contributed by atoms with Crippen LogP contribution in [0.15, 0.2) is 42.5 Å². The van der Waals surface area contributed by atoms with Crippen LogP contribution in [0, 0.1) is 0 Å². The van der Waals surface area contributed by atoms with E-state index in [9.17, 15) is 5.11 Å². The third-order valence-corrected chi connectivity index (χ3v) is 7.20. The largest absolute Gasteiger partial charge is 0.504 e. The molecule has 0 saturated carbocycles. The maximum absolute atomic E-state index is 10.6. The number of ether oxygens (including phenoxy) is 5. The fraction of sp³-hybridized carbons (Fsp3) is 0.310. The summed E-state index contributed by atoms with van der Waals surface area (Å²) in [4.78, 5) is 2.35. The van der Waals surface area contributed by atoms with Gasteiger partial charge in [-0.1, -0.05) is 0 Å². The monoisotopic (exact) mass is 489 g/mol. The van der Waals surface area contributed by atoms with Gasteiger partial charge in [-0.25, -0.2) is 0 Å². The third kappa shape index (κ3) is 3.71. The van der Waals surface area contributed by atoms with Gasteiger partial charge < -0.3 is 28.8 Å². The average Bonchev–Trinajstić information content (AvgIpc) is 2.90. The van der Waals surface area contributed by atoms with Gasteiger partial charge in [0.15, 0.2) is 34.5 Å². The molecule has 0 radical (unpaired) electrons. The van der Waals surface area contributed by atoms with E-state index in [-0.39, 0.29) is 11.8 Å². The van der Waals surface area contributed by atoms with Crippen molar-refractivity contribution in [2.45, 2.75) is 12.5 Å². The lowest BCUT2D eigenvalue weighted by molar-refractivity contribution is 0.264. The minimum Gasteiger partial charge on any atom is -0.504 e. The molecule has 1 N–H and O–H groups in total. The summed E-state index contributed by atoms with van der Waals surface area (Å²) in [5.74, 6) is 3.22. The van der Waals surface area contributed by atoms with Crippen molar-refractivity contribution < 1.29 is 28.8 Å². The molecule has 1 aliphatic heterocycles. The highest BCUT2D eigenvalue weighted by Gasteiger charge is 2.30. The maximum Gasteiger partial charge on any atom is 0.161 e. The van der Waals surface area contributed by atoms with Crippen LogP contribution in [0.5, 0.6) is 34.5 Å². The standard InChI is InChI=1S/C29H31NO6/c1-30-8-7-16-10-25(33-3)26(34-4)13-19(16)29(30)22-9-17-11-24(32-2)23(31)12-18(17)20-14-27(35-5)28(36-6)15-21(20)22/h9-15,29,31H,7-8H2,1-6H3. The van der Waals surface area contributed by atoms with Gasteiger partial charge >= 0.3 is 0 Å². The van der Waals surface area contributed by atoms with E-state index in [1.165, 1.54) is 11.1 Å². The van der Waals surface area contributed by atoms with E-state index in [0.717, 1.165) is 45.8 Å². The summed E-state index contributed by atoms with van der Waals surface area (Å²) in [6.45, 7) is 0.888. The number of nitrogens with zero attached hydrogens (tertiary/aromatic N) is 1. The van der Waals surface area contributed by atoms with Gasteiger partial charge in [0.05, 0.1) is 41.6 Å². The van der Waals surface area contributed by atoms with E-state index in [0.29, 0.717) is 23.0 Å². The minimum atomic E-state index is -0.0432. The number of fused-ring (bicyclic) bond motifs is 4. The van der Waals surface area contributed by atoms with Crippen LogP contribution in [0.2, 0.25) is 0 Å². The molecular formula is C29H31NO6. The quantitative estimate of drug-likeness (QED) is 0.368. The summed E-state index contributed by atoms with van der Waals surface area (Å²) in [7, 11) is 10.3. The highest BCUT2D eigenvalue weighted by Crippen LogP contribution is 2.47. The lowest BCUT2D eigenvalue weighted by atomic mass is 9.84. The Kier molecular flexibility index (Phi) is 6.18. The molecule has 5 rings (SSSR count). The van der Waals surface area contributed by atoms with Gasteiger partial charge in [0.2, 0.25) is 0 Å². The first-order valence-electron chi connectivity index (χ1n) is 11.8. The number of hydrogen-bond acceptors (Lipinski definition) is 7. The summed E-state index contributed by atoms with van der Waals surface area (Å²) in [5, 5.41) is 14.4. The Morgan fingerprint density at radius 1 is 0.639 bits per heavy atom. The van der Waals surface area contributed by atoms with Gasteiger partial charge in [0.25, 0.3) is 0 Å².